The first-order valence-corrected chi connectivity index (χ1v) is 3.70. The molecule has 1 rings (SSSR count). The molecule has 0 fully saturated rings. The van der Waals surface area contributed by atoms with Gasteiger partial charge in [-0.15, -0.1) is 25.6 Å². The van der Waals surface area contributed by atoms with Crippen LogP contribution < -0.4 is 5.73 Å². The van der Waals surface area contributed by atoms with Crippen molar-refractivity contribution < 1.29 is 13.2 Å². The lowest BCUT2D eigenvalue weighted by atomic mass is 10.2. The van der Waals surface area contributed by atoms with E-state index in [-0.39, 0.29) is 29.3 Å². The molecular weight excluding hydrogens is 219 g/mol. The molecule has 0 aromatic carbocycles. The molecule has 0 radical (unpaired) electrons. The molecule has 0 unspecified atom stereocenters. The number of halogens is 4. The van der Waals surface area contributed by atoms with Crippen LogP contribution in [0.15, 0.2) is 0 Å². The van der Waals surface area contributed by atoms with Crippen molar-refractivity contribution in [2.24, 2.45) is 5.73 Å². The minimum absolute atomic E-state index is 0. The third kappa shape index (κ3) is 2.19. The fourth-order valence-corrected chi connectivity index (χ4v) is 1.22. The van der Waals surface area contributed by atoms with E-state index in [1.807, 2.05) is 0 Å². The molecule has 0 atom stereocenters. The molecule has 0 aliphatic heterocycles. The van der Waals surface area contributed by atoms with E-state index in [1.165, 1.54) is 13.8 Å². The Bertz CT molecular complexity index is 319. The third-order valence-corrected chi connectivity index (χ3v) is 1.89. The number of aromatic nitrogens is 2. The molecular formula is C7H11ClF3N3. The Hall–Kier alpha value is -0.750. The second-order valence-electron chi connectivity index (χ2n) is 2.73. The maximum absolute atomic E-state index is 12.2. The lowest BCUT2D eigenvalue weighted by molar-refractivity contribution is -0.213. The Kier molecular flexibility index (Phi) is 3.96. The highest BCUT2D eigenvalue weighted by Crippen LogP contribution is 2.25. The number of nitrogens with zero attached hydrogens (tertiary/aromatic N) is 2. The van der Waals surface area contributed by atoms with Crippen molar-refractivity contribution in [1.29, 1.82) is 0 Å². The molecule has 0 amide bonds. The maximum Gasteiger partial charge on any atom is 0.504 e. The van der Waals surface area contributed by atoms with Crippen LogP contribution in [0.3, 0.4) is 0 Å². The Morgan fingerprint density at radius 1 is 1.36 bits per heavy atom. The normalized spacial score (nSPS) is 11.3. The van der Waals surface area contributed by atoms with Crippen LogP contribution in [0.25, 0.3) is 0 Å². The van der Waals surface area contributed by atoms with Crippen LogP contribution in [-0.4, -0.2) is 9.78 Å². The number of nitrogens with two attached hydrogens (primary N) is 1. The summed E-state index contributed by atoms with van der Waals surface area (Å²) in [4.78, 5) is 0. The lowest BCUT2D eigenvalue weighted by Crippen LogP contribution is -2.20. The quantitative estimate of drug-likeness (QED) is 0.799. The summed E-state index contributed by atoms with van der Waals surface area (Å²) >= 11 is 0. The first-order chi connectivity index (χ1) is 5.88. The Morgan fingerprint density at radius 2 is 1.86 bits per heavy atom. The van der Waals surface area contributed by atoms with Crippen molar-refractivity contribution in [1.82, 2.24) is 9.78 Å². The van der Waals surface area contributed by atoms with Crippen LogP contribution in [0.1, 0.15) is 17.0 Å². The van der Waals surface area contributed by atoms with E-state index in [4.69, 9.17) is 5.73 Å². The summed E-state index contributed by atoms with van der Waals surface area (Å²) < 4.78 is 36.8. The molecule has 82 valence electrons. The van der Waals surface area contributed by atoms with Crippen LogP contribution in [0.5, 0.6) is 0 Å². The number of rotatable bonds is 1. The second-order valence-corrected chi connectivity index (χ2v) is 2.73. The topological polar surface area (TPSA) is 43.8 Å². The van der Waals surface area contributed by atoms with Crippen molar-refractivity contribution in [2.75, 3.05) is 0 Å². The Labute approximate surface area is 85.5 Å². The zero-order valence-corrected chi connectivity index (χ0v) is 8.54. The number of alkyl halides is 3. The summed E-state index contributed by atoms with van der Waals surface area (Å²) in [5.74, 6) is 0. The molecule has 0 saturated heterocycles. The average Bonchev–Trinajstić information content (AvgIpc) is 2.25. The van der Waals surface area contributed by atoms with E-state index in [1.54, 1.807) is 0 Å². The largest absolute Gasteiger partial charge is 0.504 e. The van der Waals surface area contributed by atoms with Gasteiger partial charge in [0.1, 0.15) is 0 Å². The molecule has 0 aliphatic rings. The van der Waals surface area contributed by atoms with E-state index in [2.05, 4.69) is 5.10 Å². The molecule has 3 nitrogen and oxygen atoms in total. The zero-order chi connectivity index (χ0) is 10.2. The molecule has 1 aromatic rings. The highest BCUT2D eigenvalue weighted by molar-refractivity contribution is 5.85. The summed E-state index contributed by atoms with van der Waals surface area (Å²) in [7, 11) is 0. The standard InChI is InChI=1S/C7H10F3N3.ClH/c1-4-6(3-11)5(2)13(12-4)7(8,9)10;/h3,11H2,1-2H3;1H. The number of hydrogen-bond acceptors (Lipinski definition) is 2. The van der Waals surface area contributed by atoms with Crippen LogP contribution in [-0.2, 0) is 12.8 Å². The van der Waals surface area contributed by atoms with Gasteiger partial charge in [-0.05, 0) is 13.8 Å². The van der Waals surface area contributed by atoms with Crippen molar-refractivity contribution in [3.63, 3.8) is 0 Å². The van der Waals surface area contributed by atoms with Crippen LogP contribution in [0.4, 0.5) is 13.2 Å². The predicted molar refractivity (Wildman–Crippen MR) is 48.1 cm³/mol. The van der Waals surface area contributed by atoms with E-state index in [0.717, 1.165) is 0 Å². The van der Waals surface area contributed by atoms with Crippen LogP contribution >= 0.6 is 12.4 Å². The SMILES string of the molecule is Cc1nn(C(F)(F)F)c(C)c1CN.Cl. The van der Waals surface area contributed by atoms with Gasteiger partial charge in [0, 0.05) is 17.8 Å². The Morgan fingerprint density at radius 3 is 2.07 bits per heavy atom. The summed E-state index contributed by atoms with van der Waals surface area (Å²) in [5.41, 5.74) is 6.14. The van der Waals surface area contributed by atoms with Gasteiger partial charge < -0.3 is 5.73 Å². The monoisotopic (exact) mass is 229 g/mol. The smallest absolute Gasteiger partial charge is 0.326 e. The van der Waals surface area contributed by atoms with Gasteiger partial charge in [-0.3, -0.25) is 0 Å². The summed E-state index contributed by atoms with van der Waals surface area (Å²) in [6.45, 7) is 2.95. The fraction of sp³-hybridized carbons (Fsp3) is 0.571. The zero-order valence-electron chi connectivity index (χ0n) is 7.72. The van der Waals surface area contributed by atoms with E-state index >= 15 is 0 Å². The summed E-state index contributed by atoms with van der Waals surface area (Å²) in [5, 5.41) is 3.36. The summed E-state index contributed by atoms with van der Waals surface area (Å²) in [6, 6.07) is 0. The van der Waals surface area contributed by atoms with Gasteiger partial charge in [0.2, 0.25) is 0 Å². The van der Waals surface area contributed by atoms with Gasteiger partial charge in [-0.1, -0.05) is 0 Å². The number of hydrogen-bond donors (Lipinski definition) is 1. The third-order valence-electron chi connectivity index (χ3n) is 1.89. The van der Waals surface area contributed by atoms with Crippen molar-refractivity contribution in [2.45, 2.75) is 26.7 Å². The van der Waals surface area contributed by atoms with E-state index in [9.17, 15) is 13.2 Å². The van der Waals surface area contributed by atoms with Gasteiger partial charge in [0.25, 0.3) is 0 Å². The van der Waals surface area contributed by atoms with Crippen molar-refractivity contribution in [3.05, 3.63) is 17.0 Å². The molecule has 7 heteroatoms. The second kappa shape index (κ2) is 4.18. The first-order valence-electron chi connectivity index (χ1n) is 3.70. The lowest BCUT2D eigenvalue weighted by Gasteiger charge is -2.07. The molecule has 0 spiro atoms. The summed E-state index contributed by atoms with van der Waals surface area (Å²) in [6.07, 6.45) is -4.46. The van der Waals surface area contributed by atoms with Gasteiger partial charge in [0.05, 0.1) is 5.69 Å². The maximum atomic E-state index is 12.2. The van der Waals surface area contributed by atoms with E-state index < -0.39 is 6.30 Å². The molecule has 1 heterocycles. The minimum Gasteiger partial charge on any atom is -0.326 e. The minimum atomic E-state index is -4.46. The van der Waals surface area contributed by atoms with E-state index in [0.29, 0.717) is 11.3 Å². The molecule has 14 heavy (non-hydrogen) atoms. The first kappa shape index (κ1) is 13.2. The van der Waals surface area contributed by atoms with Gasteiger partial charge in [0.15, 0.2) is 0 Å². The van der Waals surface area contributed by atoms with Gasteiger partial charge in [-0.25, -0.2) is 0 Å². The molecule has 0 aliphatic carbocycles. The van der Waals surface area contributed by atoms with Crippen molar-refractivity contribution >= 4 is 12.4 Å². The van der Waals surface area contributed by atoms with Crippen molar-refractivity contribution in [3.8, 4) is 0 Å². The molecule has 1 aromatic heterocycles. The van der Waals surface area contributed by atoms with Gasteiger partial charge in [-0.2, -0.15) is 9.78 Å². The molecule has 0 saturated carbocycles. The highest BCUT2D eigenvalue weighted by Gasteiger charge is 2.34. The molecule has 2 N–H and O–H groups in total. The molecule has 0 bridgehead atoms. The highest BCUT2D eigenvalue weighted by atomic mass is 35.5. The van der Waals surface area contributed by atoms with Crippen LogP contribution in [0.2, 0.25) is 0 Å². The number of aryl methyl sites for hydroxylation is 1. The fourth-order valence-electron chi connectivity index (χ4n) is 1.22. The predicted octanol–water partition coefficient (Wildman–Crippen LogP) is 1.86. The average molecular weight is 230 g/mol. The Balaban J connectivity index is 0.00000169. The van der Waals surface area contributed by atoms with Gasteiger partial charge >= 0.3 is 6.30 Å². The van der Waals surface area contributed by atoms with Crippen LogP contribution in [0, 0.1) is 13.8 Å².